The van der Waals surface area contributed by atoms with Crippen LogP contribution in [0.5, 0.6) is 0 Å². The molecule has 0 unspecified atom stereocenters. The van der Waals surface area contributed by atoms with E-state index in [4.69, 9.17) is 27.9 Å². The number of carbonyl (C=O) groups is 1. The number of benzene rings is 1. The molecule has 1 saturated carbocycles. The van der Waals surface area contributed by atoms with E-state index in [-0.39, 0.29) is 27.8 Å². The molecule has 0 spiro atoms. The quantitative estimate of drug-likeness (QED) is 0.655. The first kappa shape index (κ1) is 18.6. The second-order valence-corrected chi connectivity index (χ2v) is 6.56. The fourth-order valence-electron chi connectivity index (χ4n) is 2.59. The van der Waals surface area contributed by atoms with E-state index in [1.807, 2.05) is 0 Å². The van der Waals surface area contributed by atoms with Gasteiger partial charge in [0.05, 0.1) is 22.2 Å². The van der Waals surface area contributed by atoms with Crippen molar-refractivity contribution < 1.29 is 22.7 Å². The Kier molecular flexibility index (Phi) is 4.91. The number of nitriles is 1. The molecular weight excluding hydrogens is 392 g/mol. The zero-order valence-electron chi connectivity index (χ0n) is 13.1. The third-order valence-electron chi connectivity index (χ3n) is 3.96. The molecule has 1 fully saturated rings. The van der Waals surface area contributed by atoms with E-state index in [0.29, 0.717) is 17.4 Å². The second kappa shape index (κ2) is 6.86. The number of hydrogen-bond acceptors (Lipinski definition) is 3. The monoisotopic (exact) mass is 402 g/mol. The van der Waals surface area contributed by atoms with Gasteiger partial charge in [-0.3, -0.25) is 4.79 Å². The summed E-state index contributed by atoms with van der Waals surface area (Å²) in [7, 11) is 0. The molecule has 0 radical (unpaired) electrons. The average molecular weight is 403 g/mol. The third kappa shape index (κ3) is 3.39. The Balaban J connectivity index is 2.18. The van der Waals surface area contributed by atoms with Crippen molar-refractivity contribution in [3.05, 3.63) is 45.6 Å². The molecule has 1 aliphatic carbocycles. The highest BCUT2D eigenvalue weighted by atomic mass is 35.5. The van der Waals surface area contributed by atoms with Gasteiger partial charge in [-0.2, -0.15) is 18.4 Å². The smallest absolute Gasteiger partial charge is 0.433 e. The van der Waals surface area contributed by atoms with Crippen LogP contribution in [-0.2, 0) is 22.4 Å². The number of carbonyl (C=O) groups excluding carboxylic acids is 1. The maximum atomic E-state index is 13.6. The zero-order valence-corrected chi connectivity index (χ0v) is 14.6. The van der Waals surface area contributed by atoms with E-state index >= 15 is 0 Å². The summed E-state index contributed by atoms with van der Waals surface area (Å²) in [6.45, 7) is -0.716. The van der Waals surface area contributed by atoms with Crippen molar-refractivity contribution in [1.29, 1.82) is 5.26 Å². The highest BCUT2D eigenvalue weighted by molar-refractivity contribution is 6.35. The van der Waals surface area contributed by atoms with E-state index in [1.54, 1.807) is 18.2 Å². The first-order valence-corrected chi connectivity index (χ1v) is 8.32. The Bertz CT molecular complexity index is 912. The molecule has 3 rings (SSSR count). The van der Waals surface area contributed by atoms with Gasteiger partial charge in [0.2, 0.25) is 0 Å². The van der Waals surface area contributed by atoms with Crippen molar-refractivity contribution in [2.45, 2.75) is 25.7 Å². The molecule has 0 N–H and O–H groups in total. The van der Waals surface area contributed by atoms with Gasteiger partial charge >= 0.3 is 12.1 Å². The van der Waals surface area contributed by atoms with Crippen molar-refractivity contribution in [3.8, 4) is 17.3 Å². The maximum Gasteiger partial charge on any atom is 0.433 e. The van der Waals surface area contributed by atoms with Crippen LogP contribution >= 0.6 is 23.2 Å². The summed E-state index contributed by atoms with van der Waals surface area (Å²) in [5.41, 5.74) is -1.59. The third-order valence-corrected chi connectivity index (χ3v) is 4.66. The Hall–Kier alpha value is -2.17. The van der Waals surface area contributed by atoms with Gasteiger partial charge in [0.25, 0.3) is 0 Å². The highest BCUT2D eigenvalue weighted by Crippen LogP contribution is 2.44. The fourth-order valence-corrected chi connectivity index (χ4v) is 3.16. The Morgan fingerprint density at radius 1 is 1.31 bits per heavy atom. The van der Waals surface area contributed by atoms with Crippen LogP contribution in [0.1, 0.15) is 24.1 Å². The Labute approximate surface area is 156 Å². The van der Waals surface area contributed by atoms with Crippen molar-refractivity contribution in [2.75, 3.05) is 0 Å². The standard InChI is InChI=1S/C17H11Cl2F3N2O2/c18-12-4-2-1-3-10(12)14-11(7-23)13(19)15(17(20,21)22)24(14)8-26-16(25)9-5-6-9/h1-4,9H,5-6,8H2. The minimum Gasteiger partial charge on any atom is -0.444 e. The molecule has 9 heteroatoms. The molecule has 1 heterocycles. The van der Waals surface area contributed by atoms with Gasteiger partial charge in [-0.15, -0.1) is 0 Å². The predicted octanol–water partition coefficient (Wildman–Crippen LogP) is 5.26. The lowest BCUT2D eigenvalue weighted by Crippen LogP contribution is -2.19. The molecule has 4 nitrogen and oxygen atoms in total. The predicted molar refractivity (Wildman–Crippen MR) is 88.4 cm³/mol. The molecule has 0 bridgehead atoms. The van der Waals surface area contributed by atoms with E-state index in [9.17, 15) is 23.2 Å². The van der Waals surface area contributed by atoms with Gasteiger partial charge in [-0.25, -0.2) is 0 Å². The summed E-state index contributed by atoms with van der Waals surface area (Å²) in [6.07, 6.45) is -3.55. The van der Waals surface area contributed by atoms with Crippen LogP contribution in [-0.4, -0.2) is 10.5 Å². The molecule has 0 amide bonds. The minimum atomic E-state index is -4.85. The molecule has 1 aromatic carbocycles. The average Bonchev–Trinajstić information content (AvgIpc) is 3.36. The number of aromatic nitrogens is 1. The van der Waals surface area contributed by atoms with Crippen LogP contribution in [0.15, 0.2) is 24.3 Å². The van der Waals surface area contributed by atoms with E-state index < -0.39 is 29.6 Å². The number of rotatable bonds is 4. The number of esters is 1. The number of ether oxygens (including phenoxy) is 1. The maximum absolute atomic E-state index is 13.6. The molecule has 1 aromatic heterocycles. The van der Waals surface area contributed by atoms with Crippen LogP contribution in [0.2, 0.25) is 10.0 Å². The van der Waals surface area contributed by atoms with E-state index in [0.717, 1.165) is 0 Å². The van der Waals surface area contributed by atoms with Gasteiger partial charge in [-0.05, 0) is 18.9 Å². The van der Waals surface area contributed by atoms with E-state index in [2.05, 4.69) is 0 Å². The number of hydrogen-bond donors (Lipinski definition) is 0. The largest absolute Gasteiger partial charge is 0.444 e. The summed E-state index contributed by atoms with van der Waals surface area (Å²) in [5.74, 6) is -0.860. The molecule has 0 saturated heterocycles. The minimum absolute atomic E-state index is 0.140. The SMILES string of the molecule is N#Cc1c(Cl)c(C(F)(F)F)n(COC(=O)C2CC2)c1-c1ccccc1Cl. The molecular formula is C17H11Cl2F3N2O2. The number of nitrogens with zero attached hydrogens (tertiary/aromatic N) is 2. The summed E-state index contributed by atoms with van der Waals surface area (Å²) in [4.78, 5) is 11.8. The number of halogens is 5. The van der Waals surface area contributed by atoms with Crippen molar-refractivity contribution in [2.24, 2.45) is 5.92 Å². The van der Waals surface area contributed by atoms with Gasteiger partial charge in [0, 0.05) is 10.6 Å². The van der Waals surface area contributed by atoms with Crippen LogP contribution in [0.25, 0.3) is 11.3 Å². The van der Waals surface area contributed by atoms with Crippen LogP contribution in [0.4, 0.5) is 13.2 Å². The van der Waals surface area contributed by atoms with Gasteiger partial charge < -0.3 is 9.30 Å². The lowest BCUT2D eigenvalue weighted by atomic mass is 10.1. The van der Waals surface area contributed by atoms with Crippen molar-refractivity contribution in [3.63, 3.8) is 0 Å². The van der Waals surface area contributed by atoms with Crippen LogP contribution in [0.3, 0.4) is 0 Å². The Morgan fingerprint density at radius 2 is 1.96 bits per heavy atom. The molecule has 0 aliphatic heterocycles. The molecule has 1 aliphatic rings. The van der Waals surface area contributed by atoms with Gasteiger partial charge in [0.1, 0.15) is 11.8 Å². The zero-order chi connectivity index (χ0) is 19.1. The highest BCUT2D eigenvalue weighted by Gasteiger charge is 2.42. The summed E-state index contributed by atoms with van der Waals surface area (Å²) in [6, 6.07) is 7.81. The van der Waals surface area contributed by atoms with Crippen LogP contribution in [0, 0.1) is 17.2 Å². The molecule has 26 heavy (non-hydrogen) atoms. The first-order chi connectivity index (χ1) is 12.3. The first-order valence-electron chi connectivity index (χ1n) is 7.56. The fraction of sp³-hybridized carbons (Fsp3) is 0.294. The topological polar surface area (TPSA) is 55.0 Å². The van der Waals surface area contributed by atoms with Crippen molar-refractivity contribution in [1.82, 2.24) is 4.57 Å². The summed E-state index contributed by atoms with van der Waals surface area (Å²) >= 11 is 12.0. The molecule has 136 valence electrons. The van der Waals surface area contributed by atoms with Gasteiger partial charge in [0.15, 0.2) is 6.73 Å². The lowest BCUT2D eigenvalue weighted by molar-refractivity contribution is -0.155. The second-order valence-electron chi connectivity index (χ2n) is 5.77. The summed E-state index contributed by atoms with van der Waals surface area (Å²) in [5, 5.41) is 8.75. The van der Waals surface area contributed by atoms with Crippen molar-refractivity contribution >= 4 is 29.2 Å². The summed E-state index contributed by atoms with van der Waals surface area (Å²) < 4.78 is 46.4. The molecule has 2 aromatic rings. The van der Waals surface area contributed by atoms with E-state index in [1.165, 1.54) is 12.1 Å². The normalized spacial score (nSPS) is 14.2. The Morgan fingerprint density at radius 3 is 2.50 bits per heavy atom. The van der Waals surface area contributed by atoms with Crippen LogP contribution < -0.4 is 0 Å². The van der Waals surface area contributed by atoms with Gasteiger partial charge in [-0.1, -0.05) is 41.4 Å². The number of alkyl halides is 3. The lowest BCUT2D eigenvalue weighted by Gasteiger charge is -2.16. The molecule has 0 atom stereocenters.